The Morgan fingerprint density at radius 2 is 2.27 bits per heavy atom. The van der Waals surface area contributed by atoms with Crippen LogP contribution in [0.5, 0.6) is 5.75 Å². The standard InChI is InChI=1S/C12H14FNO/c1-3-4-7-15-12-8-10(13)5-6-11(12)9(2)14/h5-6,8-9H,7,14H2,1-2H3/t9-/m1/s1. The van der Waals surface area contributed by atoms with Crippen molar-refractivity contribution in [2.45, 2.75) is 19.9 Å². The van der Waals surface area contributed by atoms with Crippen molar-refractivity contribution in [1.82, 2.24) is 0 Å². The molecule has 0 amide bonds. The van der Waals surface area contributed by atoms with E-state index in [-0.39, 0.29) is 18.5 Å². The summed E-state index contributed by atoms with van der Waals surface area (Å²) in [5.41, 5.74) is 6.52. The molecule has 15 heavy (non-hydrogen) atoms. The smallest absolute Gasteiger partial charge is 0.149 e. The first-order chi connectivity index (χ1) is 7.15. The zero-order chi connectivity index (χ0) is 11.3. The number of halogens is 1. The van der Waals surface area contributed by atoms with E-state index in [0.717, 1.165) is 5.56 Å². The first-order valence-electron chi connectivity index (χ1n) is 4.72. The highest BCUT2D eigenvalue weighted by Gasteiger charge is 2.08. The van der Waals surface area contributed by atoms with Crippen LogP contribution in [0.2, 0.25) is 0 Å². The molecule has 3 heteroatoms. The molecule has 1 atom stereocenters. The third-order valence-electron chi connectivity index (χ3n) is 1.94. The van der Waals surface area contributed by atoms with Gasteiger partial charge >= 0.3 is 0 Å². The van der Waals surface area contributed by atoms with E-state index < -0.39 is 0 Å². The SMILES string of the molecule is CC#CCOc1cc(F)ccc1[C@@H](C)N. The summed E-state index contributed by atoms with van der Waals surface area (Å²) in [5, 5.41) is 0. The predicted octanol–water partition coefficient (Wildman–Crippen LogP) is 2.25. The van der Waals surface area contributed by atoms with Crippen molar-refractivity contribution < 1.29 is 9.13 Å². The molecule has 0 saturated carbocycles. The van der Waals surface area contributed by atoms with Crippen molar-refractivity contribution in [2.75, 3.05) is 6.61 Å². The third-order valence-corrected chi connectivity index (χ3v) is 1.94. The van der Waals surface area contributed by atoms with Crippen molar-refractivity contribution >= 4 is 0 Å². The molecule has 2 nitrogen and oxygen atoms in total. The van der Waals surface area contributed by atoms with Gasteiger partial charge in [-0.1, -0.05) is 12.0 Å². The molecule has 0 aliphatic carbocycles. The summed E-state index contributed by atoms with van der Waals surface area (Å²) in [7, 11) is 0. The van der Waals surface area contributed by atoms with Crippen LogP contribution in [0.25, 0.3) is 0 Å². The molecule has 0 heterocycles. The monoisotopic (exact) mass is 207 g/mol. The molecule has 0 radical (unpaired) electrons. The van der Waals surface area contributed by atoms with Gasteiger partial charge in [0.15, 0.2) is 0 Å². The van der Waals surface area contributed by atoms with Gasteiger partial charge in [-0.15, -0.1) is 5.92 Å². The van der Waals surface area contributed by atoms with Gasteiger partial charge in [0.1, 0.15) is 18.2 Å². The first-order valence-corrected chi connectivity index (χ1v) is 4.72. The largest absolute Gasteiger partial charge is 0.480 e. The minimum atomic E-state index is -0.334. The van der Waals surface area contributed by atoms with Gasteiger partial charge in [0, 0.05) is 17.7 Å². The topological polar surface area (TPSA) is 35.2 Å². The summed E-state index contributed by atoms with van der Waals surface area (Å²) in [6.45, 7) is 3.80. The quantitative estimate of drug-likeness (QED) is 0.771. The van der Waals surface area contributed by atoms with Crippen LogP contribution in [0.3, 0.4) is 0 Å². The Morgan fingerprint density at radius 3 is 2.87 bits per heavy atom. The van der Waals surface area contributed by atoms with Crippen molar-refractivity contribution in [1.29, 1.82) is 0 Å². The van der Waals surface area contributed by atoms with Crippen molar-refractivity contribution in [3.05, 3.63) is 29.6 Å². The maximum absolute atomic E-state index is 13.0. The second-order valence-corrected chi connectivity index (χ2v) is 3.19. The first kappa shape index (κ1) is 11.5. The van der Waals surface area contributed by atoms with E-state index >= 15 is 0 Å². The lowest BCUT2D eigenvalue weighted by Gasteiger charge is -2.12. The summed E-state index contributed by atoms with van der Waals surface area (Å²) in [6.07, 6.45) is 0. The normalized spacial score (nSPS) is 11.5. The number of hydrogen-bond acceptors (Lipinski definition) is 2. The van der Waals surface area contributed by atoms with E-state index in [9.17, 15) is 4.39 Å². The van der Waals surface area contributed by atoms with E-state index in [2.05, 4.69) is 11.8 Å². The van der Waals surface area contributed by atoms with Crippen LogP contribution in [0.15, 0.2) is 18.2 Å². The summed E-state index contributed by atoms with van der Waals surface area (Å²) in [4.78, 5) is 0. The molecule has 0 fully saturated rings. The molecule has 0 bridgehead atoms. The number of benzene rings is 1. The van der Waals surface area contributed by atoms with E-state index in [1.165, 1.54) is 12.1 Å². The predicted molar refractivity (Wildman–Crippen MR) is 57.9 cm³/mol. The number of nitrogens with two attached hydrogens (primary N) is 1. The van der Waals surface area contributed by atoms with Gasteiger partial charge in [0.05, 0.1) is 0 Å². The number of ether oxygens (including phenoxy) is 1. The van der Waals surface area contributed by atoms with E-state index in [1.807, 2.05) is 6.92 Å². The van der Waals surface area contributed by atoms with E-state index in [4.69, 9.17) is 10.5 Å². The highest BCUT2D eigenvalue weighted by molar-refractivity contribution is 5.36. The maximum Gasteiger partial charge on any atom is 0.149 e. The highest BCUT2D eigenvalue weighted by atomic mass is 19.1. The Kier molecular flexibility index (Phi) is 4.14. The molecule has 1 aromatic rings. The third kappa shape index (κ3) is 3.26. The molecule has 0 unspecified atom stereocenters. The molecular weight excluding hydrogens is 193 g/mol. The molecular formula is C12H14FNO. The van der Waals surface area contributed by atoms with Crippen LogP contribution in [0.1, 0.15) is 25.5 Å². The second-order valence-electron chi connectivity index (χ2n) is 3.19. The Labute approximate surface area is 89.2 Å². The van der Waals surface area contributed by atoms with Crippen LogP contribution in [0, 0.1) is 17.7 Å². The van der Waals surface area contributed by atoms with Gasteiger partial charge in [-0.05, 0) is 19.9 Å². The lowest BCUT2D eigenvalue weighted by Crippen LogP contribution is -2.08. The van der Waals surface area contributed by atoms with Crippen molar-refractivity contribution in [3.8, 4) is 17.6 Å². The van der Waals surface area contributed by atoms with Crippen LogP contribution in [0.4, 0.5) is 4.39 Å². The lowest BCUT2D eigenvalue weighted by molar-refractivity contribution is 0.361. The average Bonchev–Trinajstić information content (AvgIpc) is 2.18. The van der Waals surface area contributed by atoms with Gasteiger partial charge in [-0.3, -0.25) is 0 Å². The summed E-state index contributed by atoms with van der Waals surface area (Å²) in [6, 6.07) is 4.15. The molecule has 0 aliphatic heterocycles. The maximum atomic E-state index is 13.0. The Bertz CT molecular complexity index is 390. The fourth-order valence-electron chi connectivity index (χ4n) is 1.20. The average molecular weight is 207 g/mol. The summed E-state index contributed by atoms with van der Waals surface area (Å²) in [5.74, 6) is 5.58. The van der Waals surface area contributed by atoms with E-state index in [0.29, 0.717) is 5.75 Å². The van der Waals surface area contributed by atoms with Crippen molar-refractivity contribution in [3.63, 3.8) is 0 Å². The van der Waals surface area contributed by atoms with Crippen LogP contribution in [-0.2, 0) is 0 Å². The van der Waals surface area contributed by atoms with Gasteiger partial charge in [-0.2, -0.15) is 0 Å². The Balaban J connectivity index is 2.90. The van der Waals surface area contributed by atoms with Gasteiger partial charge < -0.3 is 10.5 Å². The lowest BCUT2D eigenvalue weighted by atomic mass is 10.1. The van der Waals surface area contributed by atoms with Crippen molar-refractivity contribution in [2.24, 2.45) is 5.73 Å². The zero-order valence-electron chi connectivity index (χ0n) is 8.88. The Hall–Kier alpha value is -1.53. The summed E-state index contributed by atoms with van der Waals surface area (Å²) >= 11 is 0. The molecule has 1 rings (SSSR count). The molecule has 0 spiro atoms. The van der Waals surface area contributed by atoms with Crippen LogP contribution in [-0.4, -0.2) is 6.61 Å². The zero-order valence-corrected chi connectivity index (χ0v) is 8.88. The number of hydrogen-bond donors (Lipinski definition) is 1. The van der Waals surface area contributed by atoms with Crippen LogP contribution >= 0.6 is 0 Å². The molecule has 0 saturated heterocycles. The molecule has 0 aromatic heterocycles. The molecule has 0 aliphatic rings. The van der Waals surface area contributed by atoms with E-state index in [1.54, 1.807) is 13.0 Å². The minimum Gasteiger partial charge on any atom is -0.480 e. The molecule has 80 valence electrons. The highest BCUT2D eigenvalue weighted by Crippen LogP contribution is 2.24. The molecule has 2 N–H and O–H groups in total. The van der Waals surface area contributed by atoms with Gasteiger partial charge in [-0.25, -0.2) is 4.39 Å². The molecule has 1 aromatic carbocycles. The van der Waals surface area contributed by atoms with Gasteiger partial charge in [0.25, 0.3) is 0 Å². The minimum absolute atomic E-state index is 0.185. The fourth-order valence-corrected chi connectivity index (χ4v) is 1.20. The second kappa shape index (κ2) is 5.38. The van der Waals surface area contributed by atoms with Gasteiger partial charge in [0.2, 0.25) is 0 Å². The summed E-state index contributed by atoms with van der Waals surface area (Å²) < 4.78 is 18.3. The Morgan fingerprint density at radius 1 is 1.53 bits per heavy atom. The van der Waals surface area contributed by atoms with Crippen LogP contribution < -0.4 is 10.5 Å². The number of rotatable bonds is 3. The fraction of sp³-hybridized carbons (Fsp3) is 0.333.